The first-order valence-electron chi connectivity index (χ1n) is 10.7. The second kappa shape index (κ2) is 12.2. The topological polar surface area (TPSA) is 111 Å². The number of hydrogen-bond donors (Lipinski definition) is 1. The largest absolute Gasteiger partial charge is 0.497 e. The predicted octanol–water partition coefficient (Wildman–Crippen LogP) is 3.32. The summed E-state index contributed by atoms with van der Waals surface area (Å²) in [7, 11) is -0.583. The van der Waals surface area contributed by atoms with Crippen LogP contribution in [-0.2, 0) is 24.3 Å². The van der Waals surface area contributed by atoms with E-state index in [1.54, 1.807) is 44.2 Å². The first-order valence-corrected chi connectivity index (χ1v) is 12.1. The molecule has 1 amide bonds. The summed E-state index contributed by atoms with van der Waals surface area (Å²) in [6.45, 7) is 5.75. The van der Waals surface area contributed by atoms with Gasteiger partial charge in [-0.25, -0.2) is 13.2 Å². The minimum Gasteiger partial charge on any atom is -0.497 e. The molecule has 0 aromatic heterocycles. The SMILES string of the molecule is CCN(CC)S(=O)(=O)c1ccc(/C=C/C(=O)OC(C)C(=O)Nc2cc(OC)ccc2OC)cc1. The fourth-order valence-corrected chi connectivity index (χ4v) is 4.50. The van der Waals surface area contributed by atoms with Crippen molar-refractivity contribution >= 4 is 33.7 Å². The van der Waals surface area contributed by atoms with Gasteiger partial charge >= 0.3 is 5.97 Å². The molecule has 2 rings (SSSR count). The number of rotatable bonds is 11. The lowest BCUT2D eigenvalue weighted by Gasteiger charge is -2.18. The van der Waals surface area contributed by atoms with Crippen molar-refractivity contribution in [3.8, 4) is 11.5 Å². The lowest BCUT2D eigenvalue weighted by Crippen LogP contribution is -2.30. The number of sulfonamides is 1. The molecule has 34 heavy (non-hydrogen) atoms. The Hall–Kier alpha value is -3.37. The van der Waals surface area contributed by atoms with Crippen LogP contribution in [0.2, 0.25) is 0 Å². The Morgan fingerprint density at radius 1 is 1.03 bits per heavy atom. The second-order valence-electron chi connectivity index (χ2n) is 7.13. The molecular formula is C24H30N2O7S. The molecular weight excluding hydrogens is 460 g/mol. The number of amides is 1. The van der Waals surface area contributed by atoms with E-state index < -0.39 is 28.0 Å². The van der Waals surface area contributed by atoms with Crippen LogP contribution in [0.5, 0.6) is 11.5 Å². The average Bonchev–Trinajstić information content (AvgIpc) is 2.83. The molecule has 10 heteroatoms. The maximum Gasteiger partial charge on any atom is 0.331 e. The van der Waals surface area contributed by atoms with Gasteiger partial charge in [0.25, 0.3) is 5.91 Å². The van der Waals surface area contributed by atoms with E-state index in [1.165, 1.54) is 49.7 Å². The van der Waals surface area contributed by atoms with E-state index in [0.29, 0.717) is 35.8 Å². The standard InChI is InChI=1S/C24H30N2O7S/c1-6-26(7-2)34(29,30)20-12-8-18(9-13-20)10-15-23(27)33-17(3)24(28)25-21-16-19(31-4)11-14-22(21)32-5/h8-17H,6-7H2,1-5H3,(H,25,28)/b15-10+. The molecule has 184 valence electrons. The van der Waals surface area contributed by atoms with Crippen LogP contribution >= 0.6 is 0 Å². The highest BCUT2D eigenvalue weighted by molar-refractivity contribution is 7.89. The number of nitrogens with zero attached hydrogens (tertiary/aromatic N) is 1. The summed E-state index contributed by atoms with van der Waals surface area (Å²) in [5.74, 6) is -0.307. The van der Waals surface area contributed by atoms with Crippen LogP contribution in [0.3, 0.4) is 0 Å². The predicted molar refractivity (Wildman–Crippen MR) is 129 cm³/mol. The third-order valence-corrected chi connectivity index (χ3v) is 7.03. The third kappa shape index (κ3) is 6.82. The summed E-state index contributed by atoms with van der Waals surface area (Å²) in [5, 5.41) is 2.65. The van der Waals surface area contributed by atoms with E-state index >= 15 is 0 Å². The van der Waals surface area contributed by atoms with Crippen LogP contribution in [0.4, 0.5) is 5.69 Å². The minimum absolute atomic E-state index is 0.175. The van der Waals surface area contributed by atoms with E-state index in [2.05, 4.69) is 5.32 Å². The van der Waals surface area contributed by atoms with Gasteiger partial charge in [0.15, 0.2) is 6.10 Å². The molecule has 0 saturated heterocycles. The number of anilines is 1. The smallest absolute Gasteiger partial charge is 0.331 e. The Labute approximate surface area is 200 Å². The highest BCUT2D eigenvalue weighted by atomic mass is 32.2. The number of ether oxygens (including phenoxy) is 3. The first-order chi connectivity index (χ1) is 16.2. The highest BCUT2D eigenvalue weighted by Gasteiger charge is 2.21. The van der Waals surface area contributed by atoms with E-state index in [0.717, 1.165) is 0 Å². The van der Waals surface area contributed by atoms with Crippen molar-refractivity contribution in [2.24, 2.45) is 0 Å². The summed E-state index contributed by atoms with van der Waals surface area (Å²) < 4.78 is 42.0. The van der Waals surface area contributed by atoms with Gasteiger partial charge in [0, 0.05) is 25.2 Å². The number of hydrogen-bond acceptors (Lipinski definition) is 7. The quantitative estimate of drug-likeness (QED) is 0.380. The van der Waals surface area contributed by atoms with E-state index in [1.807, 2.05) is 0 Å². The van der Waals surface area contributed by atoms with Crippen molar-refractivity contribution in [1.82, 2.24) is 4.31 Å². The molecule has 0 heterocycles. The van der Waals surface area contributed by atoms with Crippen molar-refractivity contribution < 1.29 is 32.2 Å². The number of methoxy groups -OCH3 is 2. The lowest BCUT2D eigenvalue weighted by molar-refractivity contribution is -0.148. The Bertz CT molecular complexity index is 1120. The molecule has 9 nitrogen and oxygen atoms in total. The molecule has 0 radical (unpaired) electrons. The highest BCUT2D eigenvalue weighted by Crippen LogP contribution is 2.29. The van der Waals surface area contributed by atoms with Crippen LogP contribution in [0.15, 0.2) is 53.4 Å². The molecule has 0 spiro atoms. The number of benzene rings is 2. The van der Waals surface area contributed by atoms with E-state index in [4.69, 9.17) is 14.2 Å². The van der Waals surface area contributed by atoms with Gasteiger partial charge in [0.2, 0.25) is 10.0 Å². The zero-order valence-corrected chi connectivity index (χ0v) is 20.7. The maximum absolute atomic E-state index is 12.5. The monoisotopic (exact) mass is 490 g/mol. The average molecular weight is 491 g/mol. The summed E-state index contributed by atoms with van der Waals surface area (Å²) in [5.41, 5.74) is 0.985. The number of carbonyl (C=O) groups excluding carboxylic acids is 2. The molecule has 1 atom stereocenters. The minimum atomic E-state index is -3.55. The first kappa shape index (κ1) is 26.9. The molecule has 1 unspecified atom stereocenters. The van der Waals surface area contributed by atoms with Crippen molar-refractivity contribution in [1.29, 1.82) is 0 Å². The zero-order chi connectivity index (χ0) is 25.3. The van der Waals surface area contributed by atoms with Gasteiger partial charge in [-0.05, 0) is 42.8 Å². The van der Waals surface area contributed by atoms with Gasteiger partial charge in [-0.15, -0.1) is 0 Å². The maximum atomic E-state index is 12.5. The summed E-state index contributed by atoms with van der Waals surface area (Å²) in [6, 6.07) is 11.1. The molecule has 0 saturated carbocycles. The summed E-state index contributed by atoms with van der Waals surface area (Å²) >= 11 is 0. The van der Waals surface area contributed by atoms with E-state index in [9.17, 15) is 18.0 Å². The number of carbonyl (C=O) groups is 2. The van der Waals surface area contributed by atoms with Gasteiger partial charge in [-0.3, -0.25) is 4.79 Å². The molecule has 0 aliphatic carbocycles. The molecule has 0 aliphatic rings. The van der Waals surface area contributed by atoms with Crippen LogP contribution in [0.1, 0.15) is 26.3 Å². The fourth-order valence-electron chi connectivity index (χ4n) is 3.04. The lowest BCUT2D eigenvalue weighted by atomic mass is 10.2. The van der Waals surface area contributed by atoms with Crippen molar-refractivity contribution in [3.63, 3.8) is 0 Å². The van der Waals surface area contributed by atoms with Crippen LogP contribution < -0.4 is 14.8 Å². The Morgan fingerprint density at radius 3 is 2.24 bits per heavy atom. The summed E-state index contributed by atoms with van der Waals surface area (Å²) in [4.78, 5) is 24.8. The van der Waals surface area contributed by atoms with Gasteiger partial charge in [-0.2, -0.15) is 4.31 Å². The van der Waals surface area contributed by atoms with Crippen LogP contribution in [0, 0.1) is 0 Å². The van der Waals surface area contributed by atoms with Crippen molar-refractivity contribution in [3.05, 3.63) is 54.1 Å². The Kier molecular flexibility index (Phi) is 9.64. The third-order valence-electron chi connectivity index (χ3n) is 4.96. The van der Waals surface area contributed by atoms with Gasteiger partial charge in [0.05, 0.1) is 24.8 Å². The summed E-state index contributed by atoms with van der Waals surface area (Å²) in [6.07, 6.45) is 1.57. The molecule has 1 N–H and O–H groups in total. The Morgan fingerprint density at radius 2 is 1.68 bits per heavy atom. The molecule has 2 aromatic rings. The number of nitrogens with one attached hydrogen (secondary N) is 1. The van der Waals surface area contributed by atoms with Gasteiger partial charge < -0.3 is 19.5 Å². The van der Waals surface area contributed by atoms with Gasteiger partial charge in [-0.1, -0.05) is 26.0 Å². The number of esters is 1. The van der Waals surface area contributed by atoms with Crippen LogP contribution in [-0.4, -0.2) is 58.0 Å². The van der Waals surface area contributed by atoms with Gasteiger partial charge in [0.1, 0.15) is 11.5 Å². The molecule has 0 aliphatic heterocycles. The van der Waals surface area contributed by atoms with E-state index in [-0.39, 0.29) is 4.90 Å². The molecule has 2 aromatic carbocycles. The Balaban J connectivity index is 2.00. The van der Waals surface area contributed by atoms with Crippen molar-refractivity contribution in [2.45, 2.75) is 31.8 Å². The van der Waals surface area contributed by atoms with Crippen LogP contribution in [0.25, 0.3) is 6.08 Å². The zero-order valence-electron chi connectivity index (χ0n) is 19.9. The van der Waals surface area contributed by atoms with Crippen molar-refractivity contribution in [2.75, 3.05) is 32.6 Å². The normalized spacial score (nSPS) is 12.4. The molecule has 0 fully saturated rings. The molecule has 0 bridgehead atoms. The second-order valence-corrected chi connectivity index (χ2v) is 9.06. The fraction of sp³-hybridized carbons (Fsp3) is 0.333.